The first-order chi connectivity index (χ1) is 10.0. The largest absolute Gasteiger partial charge is 0.394 e. The molecular weight excluding hydrogens is 278 g/mol. The van der Waals surface area contributed by atoms with Crippen molar-refractivity contribution in [3.63, 3.8) is 0 Å². The highest BCUT2D eigenvalue weighted by Gasteiger charge is 2.39. The Hall–Kier alpha value is -2.26. The summed E-state index contributed by atoms with van der Waals surface area (Å²) in [7, 11) is 0. The summed E-state index contributed by atoms with van der Waals surface area (Å²) in [6.45, 7) is 1.22. The first-order valence-electron chi connectivity index (χ1n) is 6.50. The molecule has 0 unspecified atom stereocenters. The van der Waals surface area contributed by atoms with Crippen molar-refractivity contribution in [2.24, 2.45) is 5.92 Å². The summed E-state index contributed by atoms with van der Waals surface area (Å²) in [5, 5.41) is 9.31. The predicted molar refractivity (Wildman–Crippen MR) is 72.3 cm³/mol. The van der Waals surface area contributed by atoms with Crippen LogP contribution in [0.2, 0.25) is 0 Å². The number of imidazole rings is 1. The van der Waals surface area contributed by atoms with Crippen LogP contribution >= 0.6 is 0 Å². The van der Waals surface area contributed by atoms with Gasteiger partial charge in [-0.2, -0.15) is 4.98 Å². The Morgan fingerprint density at radius 3 is 3.05 bits per heavy atom. The Bertz CT molecular complexity index is 752. The highest BCUT2D eigenvalue weighted by molar-refractivity contribution is 5.79. The van der Waals surface area contributed by atoms with Gasteiger partial charge in [0.2, 0.25) is 5.95 Å². The lowest BCUT2D eigenvalue weighted by atomic mass is 9.97. The summed E-state index contributed by atoms with van der Waals surface area (Å²) in [5.74, 6) is -0.461. The van der Waals surface area contributed by atoms with Gasteiger partial charge in [0.25, 0.3) is 5.56 Å². The van der Waals surface area contributed by atoms with Crippen molar-refractivity contribution < 1.29 is 14.6 Å². The summed E-state index contributed by atoms with van der Waals surface area (Å²) in [5.41, 5.74) is 5.55. The molecule has 2 aromatic heterocycles. The van der Waals surface area contributed by atoms with Crippen LogP contribution in [0.25, 0.3) is 11.2 Å². The molecule has 1 saturated heterocycles. The maximum Gasteiger partial charge on any atom is 0.280 e. The van der Waals surface area contributed by atoms with Crippen LogP contribution in [0.1, 0.15) is 19.6 Å². The van der Waals surface area contributed by atoms with Gasteiger partial charge in [0.15, 0.2) is 11.2 Å². The SMILES string of the molecule is CC(=O)[C@H]1C[C@H](n2cnc3c(=O)[nH]c(N)nc32)O[C@@H]1CO. The molecule has 0 radical (unpaired) electrons. The number of aromatic amines is 1. The maximum atomic E-state index is 11.7. The van der Waals surface area contributed by atoms with Gasteiger partial charge in [-0.25, -0.2) is 4.98 Å². The number of nitrogen functional groups attached to an aromatic ring is 1. The molecule has 2 aromatic rings. The minimum atomic E-state index is -0.565. The Balaban J connectivity index is 2.02. The summed E-state index contributed by atoms with van der Waals surface area (Å²) in [4.78, 5) is 33.7. The van der Waals surface area contributed by atoms with E-state index in [4.69, 9.17) is 10.5 Å². The van der Waals surface area contributed by atoms with Gasteiger partial charge in [-0.15, -0.1) is 0 Å². The number of aliphatic hydroxyl groups is 1. The maximum absolute atomic E-state index is 11.7. The zero-order valence-corrected chi connectivity index (χ0v) is 11.3. The number of carbonyl (C=O) groups is 1. The molecular formula is C12H15N5O4. The van der Waals surface area contributed by atoms with Gasteiger partial charge in [-0.3, -0.25) is 19.1 Å². The van der Waals surface area contributed by atoms with E-state index in [1.54, 1.807) is 4.57 Å². The van der Waals surface area contributed by atoms with Crippen LogP contribution in [-0.4, -0.2) is 43.1 Å². The molecule has 3 rings (SSSR count). The Morgan fingerprint density at radius 1 is 1.67 bits per heavy atom. The molecule has 0 spiro atoms. The smallest absolute Gasteiger partial charge is 0.280 e. The minimum Gasteiger partial charge on any atom is -0.394 e. The first-order valence-corrected chi connectivity index (χ1v) is 6.50. The minimum absolute atomic E-state index is 0.0194. The lowest BCUT2D eigenvalue weighted by Crippen LogP contribution is -2.25. The Labute approximate surface area is 118 Å². The number of ether oxygens (including phenoxy) is 1. The van der Waals surface area contributed by atoms with E-state index in [-0.39, 0.29) is 23.9 Å². The Morgan fingerprint density at radius 2 is 2.43 bits per heavy atom. The number of ketones is 1. The summed E-state index contributed by atoms with van der Waals surface area (Å²) >= 11 is 0. The number of carbonyl (C=O) groups excluding carboxylic acids is 1. The number of aromatic nitrogens is 4. The van der Waals surface area contributed by atoms with Crippen LogP contribution in [0, 0.1) is 5.92 Å². The van der Waals surface area contributed by atoms with Crippen molar-refractivity contribution >= 4 is 22.9 Å². The molecule has 21 heavy (non-hydrogen) atoms. The fourth-order valence-corrected chi connectivity index (χ4v) is 2.65. The number of Topliss-reactive ketones (excluding diaryl/α,β-unsaturated/α-hetero) is 1. The Kier molecular flexibility index (Phi) is 3.22. The molecule has 4 N–H and O–H groups in total. The first kappa shape index (κ1) is 13.7. The molecule has 3 heterocycles. The van der Waals surface area contributed by atoms with Crippen molar-refractivity contribution in [3.8, 4) is 0 Å². The predicted octanol–water partition coefficient (Wildman–Crippen LogP) is -0.813. The van der Waals surface area contributed by atoms with E-state index in [2.05, 4.69) is 15.0 Å². The lowest BCUT2D eigenvalue weighted by Gasteiger charge is -2.14. The van der Waals surface area contributed by atoms with Crippen LogP contribution in [0.15, 0.2) is 11.1 Å². The molecule has 0 amide bonds. The van der Waals surface area contributed by atoms with E-state index in [0.717, 1.165) is 0 Å². The molecule has 1 fully saturated rings. The number of nitrogens with zero attached hydrogens (tertiary/aromatic N) is 3. The normalized spacial score (nSPS) is 25.5. The van der Waals surface area contributed by atoms with E-state index in [9.17, 15) is 14.7 Å². The average Bonchev–Trinajstić information content (AvgIpc) is 3.01. The fraction of sp³-hybridized carbons (Fsp3) is 0.500. The lowest BCUT2D eigenvalue weighted by molar-refractivity contribution is -0.123. The van der Waals surface area contributed by atoms with E-state index in [1.807, 2.05) is 0 Å². The monoisotopic (exact) mass is 293 g/mol. The van der Waals surface area contributed by atoms with Crippen LogP contribution in [0.4, 0.5) is 5.95 Å². The van der Waals surface area contributed by atoms with E-state index in [0.29, 0.717) is 12.1 Å². The highest BCUT2D eigenvalue weighted by Crippen LogP contribution is 2.34. The third-order valence-electron chi connectivity index (χ3n) is 3.70. The number of nitrogens with one attached hydrogen (secondary N) is 1. The summed E-state index contributed by atoms with van der Waals surface area (Å²) in [6, 6.07) is 0. The summed E-state index contributed by atoms with van der Waals surface area (Å²) in [6.07, 6.45) is 0.730. The van der Waals surface area contributed by atoms with Gasteiger partial charge >= 0.3 is 0 Å². The van der Waals surface area contributed by atoms with Crippen molar-refractivity contribution in [1.82, 2.24) is 19.5 Å². The van der Waals surface area contributed by atoms with Crippen LogP contribution < -0.4 is 11.3 Å². The van der Waals surface area contributed by atoms with E-state index >= 15 is 0 Å². The second kappa shape index (κ2) is 4.93. The number of fused-ring (bicyclic) bond motifs is 1. The molecule has 0 aliphatic carbocycles. The number of aliphatic hydroxyl groups excluding tert-OH is 1. The van der Waals surface area contributed by atoms with Gasteiger partial charge in [-0.05, 0) is 6.92 Å². The zero-order valence-electron chi connectivity index (χ0n) is 11.3. The molecule has 1 aliphatic rings. The molecule has 112 valence electrons. The van der Waals surface area contributed by atoms with Crippen molar-refractivity contribution in [3.05, 3.63) is 16.7 Å². The van der Waals surface area contributed by atoms with Gasteiger partial charge < -0.3 is 15.6 Å². The van der Waals surface area contributed by atoms with Gasteiger partial charge in [0.05, 0.1) is 25.0 Å². The number of H-pyrrole nitrogens is 1. The third-order valence-corrected chi connectivity index (χ3v) is 3.70. The molecule has 0 aromatic carbocycles. The average molecular weight is 293 g/mol. The zero-order chi connectivity index (χ0) is 15.1. The topological polar surface area (TPSA) is 136 Å². The van der Waals surface area contributed by atoms with Crippen LogP contribution in [0.5, 0.6) is 0 Å². The quantitative estimate of drug-likeness (QED) is 0.673. The molecule has 9 nitrogen and oxygen atoms in total. The van der Waals surface area contributed by atoms with Gasteiger partial charge in [0.1, 0.15) is 12.0 Å². The van der Waals surface area contributed by atoms with E-state index < -0.39 is 23.8 Å². The van der Waals surface area contributed by atoms with Crippen molar-refractivity contribution in [2.75, 3.05) is 12.3 Å². The van der Waals surface area contributed by atoms with Crippen LogP contribution in [-0.2, 0) is 9.53 Å². The number of anilines is 1. The van der Waals surface area contributed by atoms with Crippen LogP contribution in [0.3, 0.4) is 0 Å². The standard InChI is InChI=1S/C12H15N5O4/c1-5(19)6-2-8(21-7(6)3-18)17-4-14-9-10(17)15-12(13)16-11(9)20/h4,6-8,18H,2-3H2,1H3,(H3,13,15,16,20)/t6-,7-,8-/m1/s1. The molecule has 1 aliphatic heterocycles. The second-order valence-electron chi connectivity index (χ2n) is 5.04. The van der Waals surface area contributed by atoms with Crippen molar-refractivity contribution in [2.45, 2.75) is 25.7 Å². The number of hydrogen-bond donors (Lipinski definition) is 3. The number of hydrogen-bond acceptors (Lipinski definition) is 7. The second-order valence-corrected chi connectivity index (χ2v) is 5.04. The highest BCUT2D eigenvalue weighted by atomic mass is 16.5. The molecule has 3 atom stereocenters. The molecule has 0 bridgehead atoms. The fourth-order valence-electron chi connectivity index (χ4n) is 2.65. The van der Waals surface area contributed by atoms with E-state index in [1.165, 1.54) is 13.3 Å². The number of nitrogens with two attached hydrogens (primary N) is 1. The van der Waals surface area contributed by atoms with Gasteiger partial charge in [-0.1, -0.05) is 0 Å². The van der Waals surface area contributed by atoms with Gasteiger partial charge in [0, 0.05) is 6.42 Å². The summed E-state index contributed by atoms with van der Waals surface area (Å²) < 4.78 is 7.24. The number of rotatable bonds is 3. The third kappa shape index (κ3) is 2.20. The molecule has 9 heteroatoms. The van der Waals surface area contributed by atoms with Crippen molar-refractivity contribution in [1.29, 1.82) is 0 Å². The molecule has 0 saturated carbocycles.